The van der Waals surface area contributed by atoms with Gasteiger partial charge in [0.1, 0.15) is 12.3 Å². The number of aromatic nitrogens is 2. The van der Waals surface area contributed by atoms with Gasteiger partial charge in [0, 0.05) is 19.5 Å². The van der Waals surface area contributed by atoms with Crippen LogP contribution in [-0.4, -0.2) is 46.0 Å². The van der Waals surface area contributed by atoms with Crippen LogP contribution >= 0.6 is 0 Å². The highest BCUT2D eigenvalue weighted by Gasteiger charge is 2.29. The van der Waals surface area contributed by atoms with Crippen molar-refractivity contribution in [3.05, 3.63) is 71.5 Å². The van der Waals surface area contributed by atoms with Crippen LogP contribution in [0.3, 0.4) is 0 Å². The third kappa shape index (κ3) is 4.43. The van der Waals surface area contributed by atoms with Gasteiger partial charge in [-0.15, -0.1) is 0 Å². The molecule has 0 radical (unpaired) electrons. The number of rotatable bonds is 7. The number of aryl methyl sites for hydroxylation is 1. The number of anilines is 1. The average molecular weight is 448 g/mol. The van der Waals surface area contributed by atoms with Gasteiger partial charge in [0.15, 0.2) is 0 Å². The molecule has 3 N–H and O–H groups in total. The van der Waals surface area contributed by atoms with E-state index >= 15 is 0 Å². The van der Waals surface area contributed by atoms with Crippen LogP contribution in [0.15, 0.2) is 54.7 Å². The van der Waals surface area contributed by atoms with Crippen LogP contribution in [0.2, 0.25) is 0 Å². The molecule has 1 atom stereocenters. The van der Waals surface area contributed by atoms with Gasteiger partial charge in [0.25, 0.3) is 5.91 Å². The van der Waals surface area contributed by atoms with E-state index in [4.69, 9.17) is 9.84 Å². The largest absolute Gasteiger partial charge is 0.481 e. The standard InChI is InChI=1S/C24H24N4O5/c1-14(23(30)31)11-25-22(29)21-20(12-26-28(21)2)27-24(32)33-13-19-17-9-5-3-7-15(17)16-8-4-6-10-18(16)19/h3-10,12,14,19H,11,13H2,1-2H3,(H,25,29)(H,27,32)(H,30,31). The molecule has 0 saturated carbocycles. The van der Waals surface area contributed by atoms with E-state index in [1.807, 2.05) is 36.4 Å². The van der Waals surface area contributed by atoms with Crippen LogP contribution in [0.4, 0.5) is 10.5 Å². The third-order valence-electron chi connectivity index (χ3n) is 5.72. The molecule has 1 aliphatic carbocycles. The minimum Gasteiger partial charge on any atom is -0.481 e. The van der Waals surface area contributed by atoms with Crippen LogP contribution in [0, 0.1) is 5.92 Å². The van der Waals surface area contributed by atoms with Crippen LogP contribution < -0.4 is 10.6 Å². The Morgan fingerprint density at radius 2 is 1.70 bits per heavy atom. The molecule has 9 nitrogen and oxygen atoms in total. The van der Waals surface area contributed by atoms with Crippen molar-refractivity contribution in [1.82, 2.24) is 15.1 Å². The summed E-state index contributed by atoms with van der Waals surface area (Å²) in [6.07, 6.45) is 0.634. The summed E-state index contributed by atoms with van der Waals surface area (Å²) in [6.45, 7) is 1.57. The summed E-state index contributed by atoms with van der Waals surface area (Å²) in [5.74, 6) is -2.40. The number of amides is 2. The molecule has 0 spiro atoms. The summed E-state index contributed by atoms with van der Waals surface area (Å²) in [5.41, 5.74) is 4.73. The molecule has 2 aromatic carbocycles. The quantitative estimate of drug-likeness (QED) is 0.510. The monoisotopic (exact) mass is 448 g/mol. The second-order valence-corrected chi connectivity index (χ2v) is 7.93. The van der Waals surface area contributed by atoms with Gasteiger partial charge in [0.05, 0.1) is 17.8 Å². The van der Waals surface area contributed by atoms with E-state index in [-0.39, 0.29) is 30.5 Å². The Morgan fingerprint density at radius 3 is 2.30 bits per heavy atom. The number of benzene rings is 2. The summed E-state index contributed by atoms with van der Waals surface area (Å²) in [7, 11) is 1.55. The molecule has 0 saturated heterocycles. The molecule has 9 heteroatoms. The molecule has 1 heterocycles. The first-order valence-corrected chi connectivity index (χ1v) is 10.5. The summed E-state index contributed by atoms with van der Waals surface area (Å²) in [4.78, 5) is 36.1. The third-order valence-corrected chi connectivity index (χ3v) is 5.72. The molecule has 0 fully saturated rings. The second kappa shape index (κ2) is 9.15. The van der Waals surface area contributed by atoms with E-state index in [2.05, 4.69) is 27.9 Å². The molecule has 170 valence electrons. The number of carbonyl (C=O) groups is 3. The normalized spacial score (nSPS) is 13.0. The molecule has 1 unspecified atom stereocenters. The van der Waals surface area contributed by atoms with Gasteiger partial charge in [-0.25, -0.2) is 4.79 Å². The van der Waals surface area contributed by atoms with Crippen molar-refractivity contribution < 1.29 is 24.2 Å². The minimum atomic E-state index is -1.02. The molecular formula is C24H24N4O5. The topological polar surface area (TPSA) is 123 Å². The lowest BCUT2D eigenvalue weighted by atomic mass is 9.98. The van der Waals surface area contributed by atoms with Crippen LogP contribution in [0.25, 0.3) is 11.1 Å². The maximum atomic E-state index is 12.6. The number of nitrogens with one attached hydrogen (secondary N) is 2. The number of hydrogen-bond donors (Lipinski definition) is 3. The lowest BCUT2D eigenvalue weighted by Crippen LogP contribution is -2.33. The average Bonchev–Trinajstić information content (AvgIpc) is 3.33. The molecule has 0 bridgehead atoms. The second-order valence-electron chi connectivity index (χ2n) is 7.93. The highest BCUT2D eigenvalue weighted by atomic mass is 16.5. The van der Waals surface area contributed by atoms with Crippen LogP contribution in [-0.2, 0) is 16.6 Å². The Balaban J connectivity index is 1.43. The number of aliphatic carboxylic acids is 1. The lowest BCUT2D eigenvalue weighted by molar-refractivity contribution is -0.140. The Bertz CT molecular complexity index is 1170. The Kier molecular flexibility index (Phi) is 6.12. The van der Waals surface area contributed by atoms with Gasteiger partial charge in [0.2, 0.25) is 0 Å². The number of carbonyl (C=O) groups excluding carboxylic acids is 2. The maximum Gasteiger partial charge on any atom is 0.411 e. The van der Waals surface area contributed by atoms with Crippen molar-refractivity contribution in [3.63, 3.8) is 0 Å². The first kappa shape index (κ1) is 22.1. The lowest BCUT2D eigenvalue weighted by Gasteiger charge is -2.15. The van der Waals surface area contributed by atoms with E-state index in [9.17, 15) is 14.4 Å². The molecule has 1 aromatic heterocycles. The van der Waals surface area contributed by atoms with Crippen LogP contribution in [0.1, 0.15) is 34.5 Å². The van der Waals surface area contributed by atoms with Gasteiger partial charge in [-0.3, -0.25) is 19.6 Å². The predicted molar refractivity (Wildman–Crippen MR) is 121 cm³/mol. The van der Waals surface area contributed by atoms with Gasteiger partial charge in [-0.05, 0) is 22.3 Å². The molecule has 3 aromatic rings. The molecule has 33 heavy (non-hydrogen) atoms. The number of fused-ring (bicyclic) bond motifs is 3. The van der Waals surface area contributed by atoms with E-state index in [1.54, 1.807) is 7.05 Å². The first-order valence-electron chi connectivity index (χ1n) is 10.5. The summed E-state index contributed by atoms with van der Waals surface area (Å²) in [6, 6.07) is 16.1. The number of carboxylic acids is 1. The fourth-order valence-corrected chi connectivity index (χ4v) is 3.96. The highest BCUT2D eigenvalue weighted by molar-refractivity contribution is 6.01. The Hall–Kier alpha value is -4.14. The molecule has 0 aliphatic heterocycles. The summed E-state index contributed by atoms with van der Waals surface area (Å²) >= 11 is 0. The van der Waals surface area contributed by atoms with Gasteiger partial charge in [-0.1, -0.05) is 55.5 Å². The van der Waals surface area contributed by atoms with Crippen molar-refractivity contribution in [1.29, 1.82) is 0 Å². The van der Waals surface area contributed by atoms with Crippen molar-refractivity contribution in [2.24, 2.45) is 13.0 Å². The maximum absolute atomic E-state index is 12.6. The SMILES string of the molecule is CC(CNC(=O)c1c(NC(=O)OCC2c3ccccc3-c3ccccc32)cnn1C)C(=O)O. The Morgan fingerprint density at radius 1 is 1.09 bits per heavy atom. The zero-order valence-electron chi connectivity index (χ0n) is 18.2. The molecule has 2 amide bonds. The van der Waals surface area contributed by atoms with Crippen molar-refractivity contribution >= 4 is 23.7 Å². The van der Waals surface area contributed by atoms with Crippen molar-refractivity contribution in [2.45, 2.75) is 12.8 Å². The zero-order chi connectivity index (χ0) is 23.5. The number of hydrogen-bond acceptors (Lipinski definition) is 5. The summed E-state index contributed by atoms with van der Waals surface area (Å²) < 4.78 is 6.83. The number of ether oxygens (including phenoxy) is 1. The van der Waals surface area contributed by atoms with Crippen molar-refractivity contribution in [3.8, 4) is 11.1 Å². The molecule has 4 rings (SSSR count). The van der Waals surface area contributed by atoms with E-state index < -0.39 is 23.9 Å². The van der Waals surface area contributed by atoms with Gasteiger partial charge >= 0.3 is 12.1 Å². The smallest absolute Gasteiger partial charge is 0.411 e. The minimum absolute atomic E-state index is 0.0519. The van der Waals surface area contributed by atoms with Crippen molar-refractivity contribution in [2.75, 3.05) is 18.5 Å². The molecular weight excluding hydrogens is 424 g/mol. The number of nitrogens with zero attached hydrogens (tertiary/aromatic N) is 2. The highest BCUT2D eigenvalue weighted by Crippen LogP contribution is 2.44. The van der Waals surface area contributed by atoms with E-state index in [1.165, 1.54) is 17.8 Å². The van der Waals surface area contributed by atoms with E-state index in [0.717, 1.165) is 22.3 Å². The fraction of sp³-hybridized carbons (Fsp3) is 0.250. The fourth-order valence-electron chi connectivity index (χ4n) is 3.96. The predicted octanol–water partition coefficient (Wildman–Crippen LogP) is 3.23. The van der Waals surface area contributed by atoms with E-state index in [0.29, 0.717) is 0 Å². The number of carboxylic acid groups (broad SMARTS) is 1. The zero-order valence-corrected chi connectivity index (χ0v) is 18.2. The Labute approximate surface area is 190 Å². The van der Waals surface area contributed by atoms with Crippen LogP contribution in [0.5, 0.6) is 0 Å². The van der Waals surface area contributed by atoms with Gasteiger partial charge in [-0.2, -0.15) is 5.10 Å². The first-order chi connectivity index (χ1) is 15.9. The van der Waals surface area contributed by atoms with Gasteiger partial charge < -0.3 is 15.2 Å². The summed E-state index contributed by atoms with van der Waals surface area (Å²) in [5, 5.41) is 18.1. The molecule has 1 aliphatic rings.